The predicted molar refractivity (Wildman–Crippen MR) is 202 cm³/mol. The number of carbonyl (C=O) groups is 2. The molecule has 0 aromatic heterocycles. The molecule has 6 heteroatoms. The van der Waals surface area contributed by atoms with Crippen LogP contribution >= 0.6 is 0 Å². The van der Waals surface area contributed by atoms with Gasteiger partial charge < -0.3 is 19.7 Å². The standard InChI is InChI=1S/C42H72O6/c1-4-39(44)33-29-25-21-17-13-9-5-6-10-15-19-23-27-31-35-42(46)48-40(36-43)37-47-41(45)34-30-26-22-18-14-11-7-8-12-16-20-24-28-32-38(2)3/h6,9-10,13,19,21,23,25,29,33,38-40,43-44H,4-5,7-8,11-12,14-18,20,22,24,26-28,30-32,34-37H2,1-3H3/b10-6-,13-9-,23-19-,25-21-,33-29+/t39-,40+/m1/s1. The minimum absolute atomic E-state index is 0.0987. The van der Waals surface area contributed by atoms with Crippen molar-refractivity contribution in [1.82, 2.24) is 0 Å². The Bertz CT molecular complexity index is 885. The van der Waals surface area contributed by atoms with E-state index in [2.05, 4.69) is 56.4 Å². The Morgan fingerprint density at radius 3 is 1.67 bits per heavy atom. The van der Waals surface area contributed by atoms with Crippen LogP contribution in [-0.4, -0.2) is 47.6 Å². The minimum Gasteiger partial charge on any atom is -0.462 e. The number of hydrogen-bond donors (Lipinski definition) is 2. The van der Waals surface area contributed by atoms with E-state index in [9.17, 15) is 19.8 Å². The molecular formula is C42H72O6. The summed E-state index contributed by atoms with van der Waals surface area (Å²) < 4.78 is 10.5. The third-order valence-corrected chi connectivity index (χ3v) is 8.16. The van der Waals surface area contributed by atoms with E-state index in [4.69, 9.17) is 9.47 Å². The highest BCUT2D eigenvalue weighted by Crippen LogP contribution is 2.15. The van der Waals surface area contributed by atoms with Gasteiger partial charge in [0, 0.05) is 12.8 Å². The van der Waals surface area contributed by atoms with Crippen LogP contribution in [0.2, 0.25) is 0 Å². The molecule has 0 radical (unpaired) electrons. The van der Waals surface area contributed by atoms with E-state index in [1.807, 2.05) is 19.1 Å². The summed E-state index contributed by atoms with van der Waals surface area (Å²) in [7, 11) is 0. The van der Waals surface area contributed by atoms with E-state index < -0.39 is 6.10 Å². The van der Waals surface area contributed by atoms with Gasteiger partial charge in [-0.15, -0.1) is 0 Å². The Kier molecular flexibility index (Phi) is 34.0. The van der Waals surface area contributed by atoms with Gasteiger partial charge in [-0.1, -0.05) is 165 Å². The molecule has 276 valence electrons. The van der Waals surface area contributed by atoms with Crippen LogP contribution in [0.5, 0.6) is 0 Å². The molecule has 0 aromatic rings. The summed E-state index contributed by atoms with van der Waals surface area (Å²) in [6, 6.07) is 0. The Hall–Kier alpha value is -2.44. The highest BCUT2D eigenvalue weighted by atomic mass is 16.6. The van der Waals surface area contributed by atoms with Crippen molar-refractivity contribution >= 4 is 11.9 Å². The second-order valence-electron chi connectivity index (χ2n) is 13.3. The molecule has 0 saturated carbocycles. The van der Waals surface area contributed by atoms with Crippen LogP contribution in [0.1, 0.15) is 162 Å². The van der Waals surface area contributed by atoms with E-state index in [0.717, 1.165) is 57.3 Å². The van der Waals surface area contributed by atoms with Crippen molar-refractivity contribution in [3.63, 3.8) is 0 Å². The number of carbonyl (C=O) groups excluding carboxylic acids is 2. The second kappa shape index (κ2) is 35.9. The Labute approximate surface area is 294 Å². The normalized spacial score (nSPS) is 13.6. The Morgan fingerprint density at radius 2 is 1.12 bits per heavy atom. The molecular weight excluding hydrogens is 600 g/mol. The monoisotopic (exact) mass is 673 g/mol. The van der Waals surface area contributed by atoms with Crippen LogP contribution in [0.15, 0.2) is 60.8 Å². The molecule has 48 heavy (non-hydrogen) atoms. The number of aliphatic hydroxyl groups is 2. The number of aliphatic hydroxyl groups excluding tert-OH is 2. The highest BCUT2D eigenvalue weighted by molar-refractivity contribution is 5.70. The van der Waals surface area contributed by atoms with E-state index in [0.29, 0.717) is 12.8 Å². The summed E-state index contributed by atoms with van der Waals surface area (Å²) >= 11 is 0. The number of allylic oxidation sites excluding steroid dienone is 9. The lowest BCUT2D eigenvalue weighted by Gasteiger charge is -2.15. The maximum Gasteiger partial charge on any atom is 0.306 e. The summed E-state index contributed by atoms with van der Waals surface area (Å²) in [5, 5.41) is 19.0. The lowest BCUT2D eigenvalue weighted by molar-refractivity contribution is -0.161. The van der Waals surface area contributed by atoms with Gasteiger partial charge in [0.05, 0.1) is 12.7 Å². The molecule has 0 saturated heterocycles. The summed E-state index contributed by atoms with van der Waals surface area (Å²) in [5.41, 5.74) is 0. The fraction of sp³-hybridized carbons (Fsp3) is 0.714. The lowest BCUT2D eigenvalue weighted by atomic mass is 10.0. The van der Waals surface area contributed by atoms with Gasteiger partial charge in [-0.05, 0) is 50.9 Å². The van der Waals surface area contributed by atoms with E-state index >= 15 is 0 Å². The van der Waals surface area contributed by atoms with Crippen LogP contribution in [0.4, 0.5) is 0 Å². The summed E-state index contributed by atoms with van der Waals surface area (Å²) in [6.45, 7) is 6.10. The number of unbranched alkanes of at least 4 members (excludes halogenated alkanes) is 13. The molecule has 0 aliphatic carbocycles. The second-order valence-corrected chi connectivity index (χ2v) is 13.3. The topological polar surface area (TPSA) is 93.1 Å². The van der Waals surface area contributed by atoms with Crippen LogP contribution in [-0.2, 0) is 19.1 Å². The smallest absolute Gasteiger partial charge is 0.306 e. The predicted octanol–water partition coefficient (Wildman–Crippen LogP) is 10.8. The summed E-state index contributed by atoms with van der Waals surface area (Å²) in [6.07, 6.45) is 42.3. The fourth-order valence-corrected chi connectivity index (χ4v) is 5.08. The first-order valence-electron chi connectivity index (χ1n) is 19.3. The van der Waals surface area contributed by atoms with Gasteiger partial charge >= 0.3 is 11.9 Å². The average Bonchev–Trinajstić information content (AvgIpc) is 3.07. The van der Waals surface area contributed by atoms with Crippen molar-refractivity contribution in [3.05, 3.63) is 60.8 Å². The molecule has 6 nitrogen and oxygen atoms in total. The molecule has 0 aromatic carbocycles. The van der Waals surface area contributed by atoms with Gasteiger partial charge in [-0.3, -0.25) is 9.59 Å². The maximum absolute atomic E-state index is 12.1. The van der Waals surface area contributed by atoms with Crippen LogP contribution in [0.25, 0.3) is 0 Å². The van der Waals surface area contributed by atoms with Gasteiger partial charge in [-0.2, -0.15) is 0 Å². The first-order chi connectivity index (χ1) is 23.4. The van der Waals surface area contributed by atoms with Gasteiger partial charge in [0.2, 0.25) is 0 Å². The molecule has 0 spiro atoms. The third kappa shape index (κ3) is 34.9. The maximum atomic E-state index is 12.1. The minimum atomic E-state index is -0.811. The van der Waals surface area contributed by atoms with Gasteiger partial charge in [0.25, 0.3) is 0 Å². The molecule has 0 bridgehead atoms. The highest BCUT2D eigenvalue weighted by Gasteiger charge is 2.16. The molecule has 0 aliphatic rings. The van der Waals surface area contributed by atoms with Crippen molar-refractivity contribution in [2.45, 2.75) is 174 Å². The van der Waals surface area contributed by atoms with E-state index in [-0.39, 0.29) is 37.7 Å². The molecule has 0 fully saturated rings. The van der Waals surface area contributed by atoms with Crippen LogP contribution in [0.3, 0.4) is 0 Å². The zero-order valence-corrected chi connectivity index (χ0v) is 31.0. The molecule has 0 amide bonds. The molecule has 2 N–H and O–H groups in total. The lowest BCUT2D eigenvalue weighted by Crippen LogP contribution is -2.28. The zero-order chi connectivity index (χ0) is 35.3. The van der Waals surface area contributed by atoms with Gasteiger partial charge in [0.15, 0.2) is 6.10 Å². The van der Waals surface area contributed by atoms with Crippen molar-refractivity contribution in [2.75, 3.05) is 13.2 Å². The third-order valence-electron chi connectivity index (χ3n) is 8.16. The largest absolute Gasteiger partial charge is 0.462 e. The molecule has 0 aliphatic heterocycles. The molecule has 0 unspecified atom stereocenters. The SMILES string of the molecule is CC[C@@H](O)/C=C/C=C\C/C=C\C/C=C\C/C=C\CCCC(=O)O[C@@H](CO)COC(=O)CCCCCCCCCCCCCCCC(C)C. The van der Waals surface area contributed by atoms with Gasteiger partial charge in [-0.25, -0.2) is 0 Å². The van der Waals surface area contributed by atoms with Crippen molar-refractivity contribution < 1.29 is 29.3 Å². The molecule has 2 atom stereocenters. The summed E-state index contributed by atoms with van der Waals surface area (Å²) in [4.78, 5) is 24.2. The number of ether oxygens (including phenoxy) is 2. The summed E-state index contributed by atoms with van der Waals surface area (Å²) in [5.74, 6) is 0.159. The molecule has 0 rings (SSSR count). The molecule has 0 heterocycles. The van der Waals surface area contributed by atoms with Crippen molar-refractivity contribution in [3.8, 4) is 0 Å². The van der Waals surface area contributed by atoms with E-state index in [1.165, 1.54) is 70.6 Å². The van der Waals surface area contributed by atoms with Gasteiger partial charge in [0.1, 0.15) is 6.61 Å². The zero-order valence-electron chi connectivity index (χ0n) is 31.0. The van der Waals surface area contributed by atoms with Crippen LogP contribution in [0, 0.1) is 5.92 Å². The average molecular weight is 673 g/mol. The van der Waals surface area contributed by atoms with E-state index in [1.54, 1.807) is 6.08 Å². The fourth-order valence-electron chi connectivity index (χ4n) is 5.08. The first kappa shape index (κ1) is 45.6. The number of esters is 2. The quantitative estimate of drug-likeness (QED) is 0.0312. The Balaban J connectivity index is 3.69. The number of hydrogen-bond acceptors (Lipinski definition) is 6. The van der Waals surface area contributed by atoms with Crippen molar-refractivity contribution in [2.24, 2.45) is 5.92 Å². The van der Waals surface area contributed by atoms with Crippen molar-refractivity contribution in [1.29, 1.82) is 0 Å². The Morgan fingerprint density at radius 1 is 0.625 bits per heavy atom. The number of rotatable bonds is 33. The first-order valence-corrected chi connectivity index (χ1v) is 19.3. The van der Waals surface area contributed by atoms with Crippen LogP contribution < -0.4 is 0 Å².